The number of rotatable bonds is 4. The van der Waals surface area contributed by atoms with Crippen molar-refractivity contribution < 1.29 is 9.31 Å². The molecule has 1 aliphatic heterocycles. The van der Waals surface area contributed by atoms with Gasteiger partial charge in [0.15, 0.2) is 0 Å². The highest BCUT2D eigenvalue weighted by molar-refractivity contribution is 6.53. The monoisotopic (exact) mass is 332 g/mol. The molecule has 0 amide bonds. The van der Waals surface area contributed by atoms with Crippen molar-refractivity contribution in [1.82, 2.24) is 0 Å². The van der Waals surface area contributed by atoms with E-state index in [4.69, 9.17) is 9.31 Å². The standard InChI is InChI=1S/C22H25BO2/c1-21(2)22(3,4)25-23(24-21)17-20(19-13-9-6-10-14-19)16-15-18-11-7-5-8-12-18/h5-17H,1-4H3/b16-15+,20-17+. The van der Waals surface area contributed by atoms with Crippen LogP contribution in [0.5, 0.6) is 0 Å². The molecule has 0 bridgehead atoms. The third-order valence-electron chi connectivity index (χ3n) is 4.95. The summed E-state index contributed by atoms with van der Waals surface area (Å²) < 4.78 is 12.3. The van der Waals surface area contributed by atoms with E-state index in [1.165, 1.54) is 5.56 Å². The average molecular weight is 332 g/mol. The van der Waals surface area contributed by atoms with E-state index in [9.17, 15) is 0 Å². The number of allylic oxidation sites excluding steroid dienone is 2. The lowest BCUT2D eigenvalue weighted by atomic mass is 9.84. The summed E-state index contributed by atoms with van der Waals surface area (Å²) in [6.45, 7) is 8.29. The summed E-state index contributed by atoms with van der Waals surface area (Å²) in [6.07, 6.45) is 4.24. The van der Waals surface area contributed by atoms with Gasteiger partial charge >= 0.3 is 7.12 Å². The highest BCUT2D eigenvalue weighted by Crippen LogP contribution is 2.37. The van der Waals surface area contributed by atoms with Crippen molar-refractivity contribution in [3.8, 4) is 0 Å². The molecule has 0 saturated carbocycles. The van der Waals surface area contributed by atoms with Gasteiger partial charge in [0.25, 0.3) is 0 Å². The molecule has 0 unspecified atom stereocenters. The van der Waals surface area contributed by atoms with E-state index in [1.54, 1.807) is 0 Å². The van der Waals surface area contributed by atoms with Crippen molar-refractivity contribution in [3.63, 3.8) is 0 Å². The molecule has 1 aliphatic rings. The number of hydrogen-bond acceptors (Lipinski definition) is 2. The first-order chi connectivity index (χ1) is 11.9. The Morgan fingerprint density at radius 3 is 1.88 bits per heavy atom. The van der Waals surface area contributed by atoms with Crippen molar-refractivity contribution in [2.45, 2.75) is 38.9 Å². The van der Waals surface area contributed by atoms with Gasteiger partial charge in [-0.05, 0) is 50.4 Å². The molecule has 0 N–H and O–H groups in total. The molecule has 0 aliphatic carbocycles. The number of benzene rings is 2. The molecule has 2 nitrogen and oxygen atoms in total. The predicted octanol–water partition coefficient (Wildman–Crippen LogP) is 5.41. The largest absolute Gasteiger partial charge is 0.487 e. The minimum Gasteiger partial charge on any atom is -0.400 e. The van der Waals surface area contributed by atoms with E-state index in [0.29, 0.717) is 0 Å². The molecule has 0 spiro atoms. The lowest BCUT2D eigenvalue weighted by Crippen LogP contribution is -2.41. The molecule has 2 aromatic rings. The Balaban J connectivity index is 1.91. The molecule has 0 atom stereocenters. The van der Waals surface area contributed by atoms with Gasteiger partial charge in [-0.2, -0.15) is 0 Å². The van der Waals surface area contributed by atoms with Crippen LogP contribution in [0.3, 0.4) is 0 Å². The van der Waals surface area contributed by atoms with Crippen LogP contribution in [-0.2, 0) is 9.31 Å². The summed E-state index contributed by atoms with van der Waals surface area (Å²) in [5, 5.41) is 0. The second-order valence-electron chi connectivity index (χ2n) is 7.36. The van der Waals surface area contributed by atoms with E-state index in [0.717, 1.165) is 11.1 Å². The quantitative estimate of drug-likeness (QED) is 0.550. The van der Waals surface area contributed by atoms with E-state index >= 15 is 0 Å². The SMILES string of the molecule is CC1(C)OB(/C=C(\C=C\c2ccccc2)c2ccccc2)OC1(C)C. The van der Waals surface area contributed by atoms with Crippen LogP contribution >= 0.6 is 0 Å². The Labute approximate surface area is 151 Å². The summed E-state index contributed by atoms with van der Waals surface area (Å²) in [4.78, 5) is 0. The Morgan fingerprint density at radius 1 is 0.800 bits per heavy atom. The van der Waals surface area contributed by atoms with Gasteiger partial charge in [0.1, 0.15) is 0 Å². The lowest BCUT2D eigenvalue weighted by Gasteiger charge is -2.32. The van der Waals surface area contributed by atoms with Gasteiger partial charge in [0, 0.05) is 0 Å². The Hall–Kier alpha value is -2.10. The second kappa shape index (κ2) is 7.03. The maximum absolute atomic E-state index is 6.14. The van der Waals surface area contributed by atoms with Gasteiger partial charge in [-0.25, -0.2) is 0 Å². The van der Waals surface area contributed by atoms with Crippen molar-refractivity contribution in [3.05, 3.63) is 83.8 Å². The molecule has 25 heavy (non-hydrogen) atoms. The second-order valence-corrected chi connectivity index (χ2v) is 7.36. The van der Waals surface area contributed by atoms with Gasteiger partial charge < -0.3 is 9.31 Å². The van der Waals surface area contributed by atoms with Crippen LogP contribution in [0.4, 0.5) is 0 Å². The molecule has 0 aromatic heterocycles. The van der Waals surface area contributed by atoms with Gasteiger partial charge in [-0.1, -0.05) is 72.8 Å². The van der Waals surface area contributed by atoms with E-state index < -0.39 is 0 Å². The minimum absolute atomic E-state index is 0.334. The van der Waals surface area contributed by atoms with Crippen LogP contribution in [0, 0.1) is 0 Å². The fourth-order valence-electron chi connectivity index (χ4n) is 2.73. The van der Waals surface area contributed by atoms with Gasteiger partial charge in [-0.15, -0.1) is 0 Å². The Bertz CT molecular complexity index is 745. The first-order valence-electron chi connectivity index (χ1n) is 8.73. The zero-order chi connectivity index (χ0) is 17.9. The van der Waals surface area contributed by atoms with E-state index in [1.807, 2.05) is 36.4 Å². The summed E-state index contributed by atoms with van der Waals surface area (Å²) in [5.41, 5.74) is 2.73. The zero-order valence-electron chi connectivity index (χ0n) is 15.4. The molecular weight excluding hydrogens is 307 g/mol. The third kappa shape index (κ3) is 4.12. The van der Waals surface area contributed by atoms with Gasteiger partial charge in [0.05, 0.1) is 11.2 Å². The highest BCUT2D eigenvalue weighted by Gasteiger charge is 2.50. The summed E-state index contributed by atoms with van der Waals surface area (Å²) in [5.74, 6) is 2.06. The van der Waals surface area contributed by atoms with Crippen LogP contribution in [-0.4, -0.2) is 18.3 Å². The summed E-state index contributed by atoms with van der Waals surface area (Å²) in [6, 6.07) is 20.6. The average Bonchev–Trinajstić information content (AvgIpc) is 2.80. The molecular formula is C22H25BO2. The van der Waals surface area contributed by atoms with Crippen molar-refractivity contribution >= 4 is 18.8 Å². The van der Waals surface area contributed by atoms with Gasteiger partial charge in [0.2, 0.25) is 0 Å². The van der Waals surface area contributed by atoms with Crippen molar-refractivity contribution in [2.75, 3.05) is 0 Å². The molecule has 3 heteroatoms. The Kier molecular flexibility index (Phi) is 4.98. The normalized spacial score (nSPS) is 19.5. The summed E-state index contributed by atoms with van der Waals surface area (Å²) in [7, 11) is -0.361. The maximum atomic E-state index is 6.14. The third-order valence-corrected chi connectivity index (χ3v) is 4.95. The van der Waals surface area contributed by atoms with Crippen LogP contribution in [0.25, 0.3) is 11.6 Å². The van der Waals surface area contributed by atoms with Gasteiger partial charge in [-0.3, -0.25) is 0 Å². The maximum Gasteiger partial charge on any atom is 0.487 e. The topological polar surface area (TPSA) is 18.5 Å². The Morgan fingerprint density at radius 2 is 1.32 bits per heavy atom. The minimum atomic E-state index is -0.361. The molecule has 0 radical (unpaired) electrons. The van der Waals surface area contributed by atoms with Crippen molar-refractivity contribution in [1.29, 1.82) is 0 Å². The molecule has 1 heterocycles. The fraction of sp³-hybridized carbons (Fsp3) is 0.273. The fourth-order valence-corrected chi connectivity index (χ4v) is 2.73. The first-order valence-corrected chi connectivity index (χ1v) is 8.73. The van der Waals surface area contributed by atoms with Crippen LogP contribution in [0.15, 0.2) is 72.7 Å². The molecule has 1 saturated heterocycles. The van der Waals surface area contributed by atoms with Crippen LogP contribution in [0.1, 0.15) is 38.8 Å². The molecule has 3 rings (SSSR count). The van der Waals surface area contributed by atoms with Crippen LogP contribution in [0.2, 0.25) is 0 Å². The van der Waals surface area contributed by atoms with Crippen LogP contribution < -0.4 is 0 Å². The molecule has 1 fully saturated rings. The smallest absolute Gasteiger partial charge is 0.400 e. The van der Waals surface area contributed by atoms with Crippen molar-refractivity contribution in [2.24, 2.45) is 0 Å². The highest BCUT2D eigenvalue weighted by atomic mass is 16.7. The number of hydrogen-bond donors (Lipinski definition) is 0. The van der Waals surface area contributed by atoms with E-state index in [-0.39, 0.29) is 18.3 Å². The first kappa shape index (κ1) is 17.7. The summed E-state index contributed by atoms with van der Waals surface area (Å²) >= 11 is 0. The predicted molar refractivity (Wildman–Crippen MR) is 106 cm³/mol. The molecule has 2 aromatic carbocycles. The zero-order valence-corrected chi connectivity index (χ0v) is 15.4. The molecule has 128 valence electrons. The lowest BCUT2D eigenvalue weighted by molar-refractivity contribution is 0.00578. The van der Waals surface area contributed by atoms with E-state index in [2.05, 4.69) is 70.1 Å².